The third-order valence-corrected chi connectivity index (χ3v) is 6.71. The first-order valence-electron chi connectivity index (χ1n) is 9.21. The van der Waals surface area contributed by atoms with Gasteiger partial charge in [-0.2, -0.15) is 0 Å². The number of hydrogen-bond donors (Lipinski definition) is 0. The Bertz CT molecular complexity index is 1010. The van der Waals surface area contributed by atoms with Gasteiger partial charge in [-0.15, -0.1) is 0 Å². The van der Waals surface area contributed by atoms with Crippen LogP contribution < -0.4 is 10.2 Å². The second-order valence-corrected chi connectivity index (χ2v) is 8.22. The van der Waals surface area contributed by atoms with Crippen molar-refractivity contribution in [1.29, 1.82) is 0 Å². The summed E-state index contributed by atoms with van der Waals surface area (Å²) in [5.41, 5.74) is 1.75. The van der Waals surface area contributed by atoms with Crippen LogP contribution in [0.1, 0.15) is 40.3 Å². The predicted molar refractivity (Wildman–Crippen MR) is 108 cm³/mol. The Morgan fingerprint density at radius 3 is 2.79 bits per heavy atom. The average molecular weight is 494 g/mol. The highest BCUT2D eigenvalue weighted by Gasteiger charge is 2.51. The van der Waals surface area contributed by atoms with Crippen molar-refractivity contribution in [2.24, 2.45) is 0 Å². The summed E-state index contributed by atoms with van der Waals surface area (Å²) in [5.74, 6) is -0.0950. The first kappa shape index (κ1) is 18.1. The normalized spacial score (nSPS) is 25.0. The zero-order chi connectivity index (χ0) is 19.4. The molecular weight excluding hydrogens is 475 g/mol. The van der Waals surface area contributed by atoms with Gasteiger partial charge >= 0.3 is 0 Å². The van der Waals surface area contributed by atoms with Crippen LogP contribution in [0.3, 0.4) is 0 Å². The van der Waals surface area contributed by atoms with Gasteiger partial charge < -0.3 is 23.7 Å². The first-order chi connectivity index (χ1) is 13.6. The highest BCUT2D eigenvalue weighted by molar-refractivity contribution is 14.1. The Labute approximate surface area is 175 Å². The minimum Gasteiger partial charge on any atom is -0.483 e. The van der Waals surface area contributed by atoms with Crippen molar-refractivity contribution < 1.29 is 19.0 Å². The molecule has 0 bridgehead atoms. The Morgan fingerprint density at radius 1 is 1.25 bits per heavy atom. The maximum Gasteiger partial charge on any atom is 0.276 e. The number of carbonyl (C=O) groups excluding carboxylic acids is 1. The molecular formula is C20H19IN2O5. The van der Waals surface area contributed by atoms with Gasteiger partial charge in [0.25, 0.3) is 5.91 Å². The summed E-state index contributed by atoms with van der Waals surface area (Å²) >= 11 is 2.04. The van der Waals surface area contributed by atoms with E-state index < -0.39 is 0 Å². The monoisotopic (exact) mass is 494 g/mol. The summed E-state index contributed by atoms with van der Waals surface area (Å²) in [6.45, 7) is 1.24. The summed E-state index contributed by atoms with van der Waals surface area (Å²) in [7, 11) is 1.63. The standard InChI is InChI=1S/C20H19IN2O5/c1-26-13-9-12-20-22(7-8-27-20)19(25)16-18(17(24)14(21)15(13)23(12)16)28-10-11-5-3-2-4-6-11/h2-6,12-13,20H,7-10H2,1H3. The van der Waals surface area contributed by atoms with Gasteiger partial charge in [-0.1, -0.05) is 30.3 Å². The molecule has 1 aromatic carbocycles. The second-order valence-electron chi connectivity index (χ2n) is 7.14. The van der Waals surface area contributed by atoms with Gasteiger partial charge in [-0.3, -0.25) is 9.59 Å². The van der Waals surface area contributed by atoms with Crippen molar-refractivity contribution in [2.45, 2.75) is 31.4 Å². The van der Waals surface area contributed by atoms with Gasteiger partial charge in [-0.05, 0) is 28.2 Å². The number of methoxy groups -OCH3 is 1. The smallest absolute Gasteiger partial charge is 0.276 e. The molecule has 3 atom stereocenters. The lowest BCUT2D eigenvalue weighted by Crippen LogP contribution is -2.48. The summed E-state index contributed by atoms with van der Waals surface area (Å²) in [6.07, 6.45) is 0.0952. The molecule has 0 saturated carbocycles. The van der Waals surface area contributed by atoms with Crippen LogP contribution in [-0.4, -0.2) is 41.9 Å². The van der Waals surface area contributed by atoms with Crippen molar-refractivity contribution in [3.63, 3.8) is 0 Å². The van der Waals surface area contributed by atoms with Gasteiger partial charge in [0.2, 0.25) is 5.43 Å². The zero-order valence-corrected chi connectivity index (χ0v) is 17.4. The molecule has 1 fully saturated rings. The topological polar surface area (TPSA) is 70.0 Å². The molecule has 0 N–H and O–H groups in total. The molecule has 3 unspecified atom stereocenters. The number of ether oxygens (including phenoxy) is 3. The fourth-order valence-corrected chi connectivity index (χ4v) is 5.27. The lowest BCUT2D eigenvalue weighted by Gasteiger charge is -2.36. The van der Waals surface area contributed by atoms with Crippen LogP contribution in [0.5, 0.6) is 5.75 Å². The summed E-state index contributed by atoms with van der Waals surface area (Å²) in [4.78, 5) is 28.1. The number of nitrogens with zero attached hydrogens (tertiary/aromatic N) is 2. The van der Waals surface area contributed by atoms with E-state index in [1.807, 2.05) is 57.5 Å². The van der Waals surface area contributed by atoms with E-state index in [2.05, 4.69) is 0 Å². The van der Waals surface area contributed by atoms with Crippen molar-refractivity contribution in [3.8, 4) is 5.75 Å². The number of carbonyl (C=O) groups is 1. The van der Waals surface area contributed by atoms with Gasteiger partial charge in [0, 0.05) is 20.1 Å². The highest BCUT2D eigenvalue weighted by Crippen LogP contribution is 2.47. The average Bonchev–Trinajstić information content (AvgIpc) is 3.34. The largest absolute Gasteiger partial charge is 0.483 e. The molecule has 0 radical (unpaired) electrons. The van der Waals surface area contributed by atoms with Gasteiger partial charge in [0.05, 0.1) is 21.9 Å². The van der Waals surface area contributed by atoms with Crippen LogP contribution in [0, 0.1) is 3.57 Å². The van der Waals surface area contributed by atoms with Crippen molar-refractivity contribution >= 4 is 28.5 Å². The lowest BCUT2D eigenvalue weighted by atomic mass is 10.1. The van der Waals surface area contributed by atoms with E-state index in [-0.39, 0.29) is 42.1 Å². The van der Waals surface area contributed by atoms with E-state index in [9.17, 15) is 9.59 Å². The number of aromatic nitrogens is 1. The summed E-state index contributed by atoms with van der Waals surface area (Å²) in [5, 5.41) is 0. The van der Waals surface area contributed by atoms with Crippen LogP contribution in [0.2, 0.25) is 0 Å². The minimum atomic E-state index is -0.320. The third kappa shape index (κ3) is 2.54. The molecule has 3 aliphatic heterocycles. The summed E-state index contributed by atoms with van der Waals surface area (Å²) < 4.78 is 19.9. The molecule has 28 heavy (non-hydrogen) atoms. The number of pyridine rings is 1. The molecule has 5 rings (SSSR count). The number of benzene rings is 1. The number of amides is 1. The van der Waals surface area contributed by atoms with Crippen molar-refractivity contribution in [1.82, 2.24) is 9.47 Å². The molecule has 0 aliphatic carbocycles. The Kier molecular flexibility index (Phi) is 4.44. The molecule has 2 aromatic rings. The number of rotatable bonds is 4. The highest BCUT2D eigenvalue weighted by atomic mass is 127. The van der Waals surface area contributed by atoms with Crippen LogP contribution >= 0.6 is 22.6 Å². The number of hydrogen-bond acceptors (Lipinski definition) is 5. The van der Waals surface area contributed by atoms with Gasteiger partial charge in [0.15, 0.2) is 17.7 Å². The predicted octanol–water partition coefficient (Wildman–Crippen LogP) is 2.48. The molecule has 0 spiro atoms. The van der Waals surface area contributed by atoms with Crippen LogP contribution in [0.25, 0.3) is 0 Å². The fourth-order valence-electron chi connectivity index (χ4n) is 4.41. The van der Waals surface area contributed by atoms with Crippen LogP contribution in [-0.2, 0) is 16.1 Å². The molecule has 4 heterocycles. The minimum absolute atomic E-state index is 0.0802. The van der Waals surface area contributed by atoms with E-state index in [0.29, 0.717) is 28.8 Å². The molecule has 3 aliphatic rings. The Morgan fingerprint density at radius 2 is 2.04 bits per heavy atom. The van der Waals surface area contributed by atoms with Gasteiger partial charge in [-0.25, -0.2) is 0 Å². The SMILES string of the molecule is COC1CC2C3OCCN3C(=O)c3c(OCc4ccccc4)c(=O)c(I)c1n32. The Balaban J connectivity index is 1.67. The molecule has 7 nitrogen and oxygen atoms in total. The number of halogens is 1. The maximum absolute atomic E-state index is 13.3. The van der Waals surface area contributed by atoms with Crippen LogP contribution in [0.4, 0.5) is 0 Å². The molecule has 1 aromatic heterocycles. The van der Waals surface area contributed by atoms with E-state index >= 15 is 0 Å². The molecule has 1 saturated heterocycles. The van der Waals surface area contributed by atoms with Crippen molar-refractivity contribution in [3.05, 3.63) is 61.1 Å². The maximum atomic E-state index is 13.3. The third-order valence-electron chi connectivity index (χ3n) is 5.67. The fraction of sp³-hybridized carbons (Fsp3) is 0.400. The molecule has 146 valence electrons. The second kappa shape index (κ2) is 6.85. The quantitative estimate of drug-likeness (QED) is 0.612. The van der Waals surface area contributed by atoms with Crippen molar-refractivity contribution in [2.75, 3.05) is 20.3 Å². The van der Waals surface area contributed by atoms with E-state index in [1.165, 1.54) is 0 Å². The molecule has 8 heteroatoms. The van der Waals surface area contributed by atoms with Gasteiger partial charge in [0.1, 0.15) is 12.7 Å². The Hall–Kier alpha value is -1.91. The first-order valence-corrected chi connectivity index (χ1v) is 10.3. The van der Waals surface area contributed by atoms with E-state index in [1.54, 1.807) is 12.0 Å². The van der Waals surface area contributed by atoms with E-state index in [0.717, 1.165) is 11.3 Å². The van der Waals surface area contributed by atoms with E-state index in [4.69, 9.17) is 14.2 Å². The zero-order valence-electron chi connectivity index (χ0n) is 15.3. The summed E-state index contributed by atoms with van der Waals surface area (Å²) in [6, 6.07) is 9.53. The lowest BCUT2D eigenvalue weighted by molar-refractivity contribution is -0.0190. The molecule has 1 amide bonds. The van der Waals surface area contributed by atoms with Crippen LogP contribution in [0.15, 0.2) is 35.1 Å². The number of fused-ring (bicyclic) bond motifs is 2.